The molecule has 0 aromatic heterocycles. The zero-order valence-electron chi connectivity index (χ0n) is 15.7. The maximum Gasteiger partial charge on any atom is 0.0820 e. The molecule has 1 heteroatoms. The Labute approximate surface area is 149 Å². The third-order valence-corrected chi connectivity index (χ3v) is 3.70. The Kier molecular flexibility index (Phi) is 17.9. The first kappa shape index (κ1) is 22.2. The van der Waals surface area contributed by atoms with Crippen molar-refractivity contribution in [2.24, 2.45) is 0 Å². The van der Waals surface area contributed by atoms with Crippen LogP contribution in [0.1, 0.15) is 71.6 Å². The average Bonchev–Trinajstić information content (AvgIpc) is 2.60. The zero-order valence-corrected chi connectivity index (χ0v) is 15.7. The second-order valence-electron chi connectivity index (χ2n) is 6.08. The predicted molar refractivity (Wildman–Crippen MR) is 109 cm³/mol. The minimum absolute atomic E-state index is 0.838. The standard InChI is InChI=1S/C23H36O/c1-3-4-5-6-7-8-9-10-11-12-13-14-15-16-17-18-19-20-21-23(2)22-24/h12-22,24H,3-11H2,1-2H3/b13-12+,15-14-,17-16-,19-18+,21-20+,23-22+. The fourth-order valence-corrected chi connectivity index (χ4v) is 2.21. The molecule has 0 aromatic rings. The quantitative estimate of drug-likeness (QED) is 0.196. The Morgan fingerprint density at radius 2 is 1.17 bits per heavy atom. The Hall–Kier alpha value is -1.76. The van der Waals surface area contributed by atoms with Crippen LogP contribution in [-0.2, 0) is 0 Å². The molecule has 24 heavy (non-hydrogen) atoms. The summed E-state index contributed by atoms with van der Waals surface area (Å²) in [6.07, 6.45) is 33.5. The van der Waals surface area contributed by atoms with E-state index in [2.05, 4.69) is 25.2 Å². The molecule has 0 amide bonds. The van der Waals surface area contributed by atoms with E-state index in [4.69, 9.17) is 5.11 Å². The maximum absolute atomic E-state index is 8.71. The molecule has 0 aliphatic rings. The van der Waals surface area contributed by atoms with Gasteiger partial charge < -0.3 is 5.11 Å². The van der Waals surface area contributed by atoms with E-state index in [0.29, 0.717) is 0 Å². The average molecular weight is 329 g/mol. The molecule has 134 valence electrons. The number of rotatable bonds is 14. The topological polar surface area (TPSA) is 20.2 Å². The van der Waals surface area contributed by atoms with Gasteiger partial charge in [0, 0.05) is 0 Å². The molecular formula is C23H36O. The normalized spacial score (nSPS) is 13.7. The summed E-state index contributed by atoms with van der Waals surface area (Å²) in [7, 11) is 0. The van der Waals surface area contributed by atoms with Gasteiger partial charge in [0.15, 0.2) is 0 Å². The summed E-state index contributed by atoms with van der Waals surface area (Å²) in [5, 5.41) is 8.71. The first-order valence-corrected chi connectivity index (χ1v) is 9.45. The second-order valence-corrected chi connectivity index (χ2v) is 6.08. The minimum Gasteiger partial charge on any atom is -0.515 e. The number of allylic oxidation sites excluding steroid dienone is 11. The molecule has 0 bridgehead atoms. The summed E-state index contributed by atoms with van der Waals surface area (Å²) in [6, 6.07) is 0. The SMILES string of the molecule is CCCCCCCCCC/C=C/C=C\C=C/C=C/C=C/C(C)=C/O. The molecule has 0 aliphatic carbocycles. The summed E-state index contributed by atoms with van der Waals surface area (Å²) < 4.78 is 0. The monoisotopic (exact) mass is 328 g/mol. The van der Waals surface area contributed by atoms with E-state index in [9.17, 15) is 0 Å². The Morgan fingerprint density at radius 3 is 1.75 bits per heavy atom. The molecule has 0 fully saturated rings. The van der Waals surface area contributed by atoms with Crippen LogP contribution in [0.25, 0.3) is 0 Å². The number of aliphatic hydroxyl groups excluding tert-OH is 1. The highest BCUT2D eigenvalue weighted by atomic mass is 16.2. The molecule has 0 rings (SSSR count). The van der Waals surface area contributed by atoms with Crippen LogP contribution in [0.2, 0.25) is 0 Å². The lowest BCUT2D eigenvalue weighted by Crippen LogP contribution is -1.79. The van der Waals surface area contributed by atoms with Gasteiger partial charge >= 0.3 is 0 Å². The lowest BCUT2D eigenvalue weighted by atomic mass is 10.1. The van der Waals surface area contributed by atoms with Crippen molar-refractivity contribution in [3.8, 4) is 0 Å². The third-order valence-electron chi connectivity index (χ3n) is 3.70. The maximum atomic E-state index is 8.71. The number of hydrogen-bond donors (Lipinski definition) is 1. The molecular weight excluding hydrogens is 292 g/mol. The Morgan fingerprint density at radius 1 is 0.667 bits per heavy atom. The molecule has 0 atom stereocenters. The first-order chi connectivity index (χ1) is 11.8. The van der Waals surface area contributed by atoms with Gasteiger partial charge in [-0.15, -0.1) is 0 Å². The molecule has 0 saturated carbocycles. The molecule has 1 N–H and O–H groups in total. The van der Waals surface area contributed by atoms with E-state index >= 15 is 0 Å². The van der Waals surface area contributed by atoms with Crippen LogP contribution in [-0.4, -0.2) is 5.11 Å². The summed E-state index contributed by atoms with van der Waals surface area (Å²) in [6.45, 7) is 4.12. The summed E-state index contributed by atoms with van der Waals surface area (Å²) in [5.74, 6) is 0. The van der Waals surface area contributed by atoms with Crippen molar-refractivity contribution in [1.82, 2.24) is 0 Å². The third kappa shape index (κ3) is 18.3. The molecule has 0 radical (unpaired) electrons. The summed E-state index contributed by atoms with van der Waals surface area (Å²) in [5.41, 5.74) is 0.838. The van der Waals surface area contributed by atoms with E-state index in [1.165, 1.54) is 57.8 Å². The van der Waals surface area contributed by atoms with E-state index in [1.807, 2.05) is 49.5 Å². The van der Waals surface area contributed by atoms with Crippen LogP contribution in [0.4, 0.5) is 0 Å². The number of aliphatic hydroxyl groups is 1. The largest absolute Gasteiger partial charge is 0.515 e. The lowest BCUT2D eigenvalue weighted by Gasteiger charge is -1.99. The minimum atomic E-state index is 0.838. The van der Waals surface area contributed by atoms with Gasteiger partial charge in [0.25, 0.3) is 0 Å². The van der Waals surface area contributed by atoms with Crippen LogP contribution in [0.15, 0.2) is 72.6 Å². The molecule has 0 heterocycles. The fourth-order valence-electron chi connectivity index (χ4n) is 2.21. The van der Waals surface area contributed by atoms with Gasteiger partial charge in [0.1, 0.15) is 0 Å². The Bertz CT molecular complexity index is 433. The van der Waals surface area contributed by atoms with Crippen molar-refractivity contribution >= 4 is 0 Å². The van der Waals surface area contributed by atoms with Crippen molar-refractivity contribution in [2.45, 2.75) is 71.6 Å². The Balaban J connectivity index is 3.53. The first-order valence-electron chi connectivity index (χ1n) is 9.45. The lowest BCUT2D eigenvalue weighted by molar-refractivity contribution is 0.469. The van der Waals surface area contributed by atoms with E-state index in [-0.39, 0.29) is 0 Å². The molecule has 1 nitrogen and oxygen atoms in total. The van der Waals surface area contributed by atoms with Crippen LogP contribution >= 0.6 is 0 Å². The van der Waals surface area contributed by atoms with Crippen LogP contribution < -0.4 is 0 Å². The van der Waals surface area contributed by atoms with Crippen molar-refractivity contribution in [3.63, 3.8) is 0 Å². The second kappa shape index (κ2) is 19.3. The van der Waals surface area contributed by atoms with Crippen LogP contribution in [0.3, 0.4) is 0 Å². The van der Waals surface area contributed by atoms with E-state index in [0.717, 1.165) is 11.8 Å². The van der Waals surface area contributed by atoms with Gasteiger partial charge in [-0.3, -0.25) is 0 Å². The van der Waals surface area contributed by atoms with E-state index < -0.39 is 0 Å². The van der Waals surface area contributed by atoms with Crippen molar-refractivity contribution in [3.05, 3.63) is 72.6 Å². The van der Waals surface area contributed by atoms with E-state index in [1.54, 1.807) is 0 Å². The molecule has 0 aromatic carbocycles. The molecule has 0 saturated heterocycles. The number of hydrogen-bond acceptors (Lipinski definition) is 1. The highest BCUT2D eigenvalue weighted by molar-refractivity contribution is 5.22. The van der Waals surface area contributed by atoms with Crippen molar-refractivity contribution in [1.29, 1.82) is 0 Å². The van der Waals surface area contributed by atoms with Crippen molar-refractivity contribution < 1.29 is 5.11 Å². The highest BCUT2D eigenvalue weighted by Crippen LogP contribution is 2.09. The zero-order chi connectivity index (χ0) is 17.7. The van der Waals surface area contributed by atoms with Gasteiger partial charge in [-0.1, -0.05) is 113 Å². The van der Waals surface area contributed by atoms with Crippen molar-refractivity contribution in [2.75, 3.05) is 0 Å². The molecule has 0 unspecified atom stereocenters. The summed E-state index contributed by atoms with van der Waals surface area (Å²) >= 11 is 0. The van der Waals surface area contributed by atoms with Crippen LogP contribution in [0, 0.1) is 0 Å². The summed E-state index contributed by atoms with van der Waals surface area (Å²) in [4.78, 5) is 0. The molecule has 0 spiro atoms. The van der Waals surface area contributed by atoms with Gasteiger partial charge in [-0.05, 0) is 25.3 Å². The van der Waals surface area contributed by atoms with Gasteiger partial charge in [-0.25, -0.2) is 0 Å². The van der Waals surface area contributed by atoms with Gasteiger partial charge in [-0.2, -0.15) is 0 Å². The fraction of sp³-hybridized carbons (Fsp3) is 0.478. The van der Waals surface area contributed by atoms with Crippen LogP contribution in [0.5, 0.6) is 0 Å². The predicted octanol–water partition coefficient (Wildman–Crippen LogP) is 7.76. The highest BCUT2D eigenvalue weighted by Gasteiger charge is 1.89. The smallest absolute Gasteiger partial charge is 0.0820 e. The van der Waals surface area contributed by atoms with Gasteiger partial charge in [0.2, 0.25) is 0 Å². The molecule has 0 aliphatic heterocycles. The number of unbranched alkanes of at least 4 members (excludes halogenated alkanes) is 8. The van der Waals surface area contributed by atoms with Gasteiger partial charge in [0.05, 0.1) is 6.26 Å².